The molecular formula is C11H14ClN5S. The minimum atomic E-state index is 0.0563. The summed E-state index contributed by atoms with van der Waals surface area (Å²) in [5, 5.41) is 7.62. The largest absolute Gasteiger partial charge is 0.360 e. The minimum absolute atomic E-state index is 0.0563. The Morgan fingerprint density at radius 3 is 2.72 bits per heavy atom. The number of hydrogen-bond acceptors (Lipinski definition) is 6. The predicted octanol–water partition coefficient (Wildman–Crippen LogP) is 3.11. The second-order valence-corrected chi connectivity index (χ2v) is 5.49. The van der Waals surface area contributed by atoms with Gasteiger partial charge in [-0.25, -0.2) is 9.97 Å². The van der Waals surface area contributed by atoms with Gasteiger partial charge in [0.25, 0.3) is 0 Å². The highest BCUT2D eigenvalue weighted by Crippen LogP contribution is 2.26. The molecule has 1 unspecified atom stereocenters. The number of hydrogen-bond donors (Lipinski definition) is 2. The van der Waals surface area contributed by atoms with E-state index in [1.165, 1.54) is 4.88 Å². The van der Waals surface area contributed by atoms with Crippen molar-refractivity contribution in [3.63, 3.8) is 0 Å². The molecule has 18 heavy (non-hydrogen) atoms. The molecule has 2 N–H and O–H groups in total. The first-order valence-corrected chi connectivity index (χ1v) is 6.68. The zero-order chi connectivity index (χ0) is 13.1. The van der Waals surface area contributed by atoms with Gasteiger partial charge in [-0.1, -0.05) is 11.6 Å². The van der Waals surface area contributed by atoms with Crippen LogP contribution >= 0.6 is 22.9 Å². The molecule has 0 fully saturated rings. The summed E-state index contributed by atoms with van der Waals surface area (Å²) in [5.74, 6) is 1.14. The topological polar surface area (TPSA) is 62.7 Å². The summed E-state index contributed by atoms with van der Waals surface area (Å²) in [6, 6.07) is 0.0563. The lowest BCUT2D eigenvalue weighted by Crippen LogP contribution is -2.09. The summed E-state index contributed by atoms with van der Waals surface area (Å²) in [6.45, 7) is 4.06. The summed E-state index contributed by atoms with van der Waals surface area (Å²) in [6.07, 6.45) is 3.43. The maximum atomic E-state index is 6.06. The Morgan fingerprint density at radius 2 is 2.11 bits per heavy atom. The van der Waals surface area contributed by atoms with Gasteiger partial charge in [-0.2, -0.15) is 4.98 Å². The number of rotatable bonds is 4. The van der Waals surface area contributed by atoms with E-state index in [0.717, 1.165) is 5.01 Å². The lowest BCUT2D eigenvalue weighted by Gasteiger charge is -2.13. The predicted molar refractivity (Wildman–Crippen MR) is 75.5 cm³/mol. The molecule has 2 heterocycles. The van der Waals surface area contributed by atoms with E-state index in [-0.39, 0.29) is 6.04 Å². The van der Waals surface area contributed by atoms with Crippen molar-refractivity contribution in [1.82, 2.24) is 15.0 Å². The van der Waals surface area contributed by atoms with E-state index < -0.39 is 0 Å². The zero-order valence-electron chi connectivity index (χ0n) is 10.4. The van der Waals surface area contributed by atoms with E-state index in [9.17, 15) is 0 Å². The maximum absolute atomic E-state index is 6.06. The zero-order valence-corrected chi connectivity index (χ0v) is 11.9. The average Bonchev–Trinajstić information content (AvgIpc) is 2.79. The number of aryl methyl sites for hydroxylation is 1. The molecule has 5 nitrogen and oxygen atoms in total. The monoisotopic (exact) mass is 283 g/mol. The lowest BCUT2D eigenvalue weighted by atomic mass is 10.3. The van der Waals surface area contributed by atoms with Gasteiger partial charge in [-0.05, 0) is 13.8 Å². The molecule has 0 aromatic carbocycles. The Hall–Kier alpha value is -1.40. The second-order valence-electron chi connectivity index (χ2n) is 3.82. The normalized spacial score (nSPS) is 12.2. The molecular weight excluding hydrogens is 270 g/mol. The van der Waals surface area contributed by atoms with Gasteiger partial charge in [0.2, 0.25) is 5.95 Å². The van der Waals surface area contributed by atoms with E-state index in [0.29, 0.717) is 16.8 Å². The Morgan fingerprint density at radius 1 is 1.33 bits per heavy atom. The Labute approximate surface area is 115 Å². The molecule has 0 bridgehead atoms. The molecule has 2 aromatic heterocycles. The molecule has 0 aliphatic carbocycles. The van der Waals surface area contributed by atoms with Gasteiger partial charge in [-0.15, -0.1) is 11.3 Å². The molecule has 0 saturated heterocycles. The number of halogens is 1. The highest BCUT2D eigenvalue weighted by atomic mass is 35.5. The van der Waals surface area contributed by atoms with Gasteiger partial charge < -0.3 is 10.6 Å². The van der Waals surface area contributed by atoms with Crippen LogP contribution in [0.4, 0.5) is 11.8 Å². The van der Waals surface area contributed by atoms with Crippen LogP contribution in [0.3, 0.4) is 0 Å². The molecule has 96 valence electrons. The van der Waals surface area contributed by atoms with E-state index >= 15 is 0 Å². The van der Waals surface area contributed by atoms with Crippen molar-refractivity contribution in [3.8, 4) is 0 Å². The van der Waals surface area contributed by atoms with Crippen LogP contribution in [0.2, 0.25) is 5.02 Å². The third-order valence-corrected chi connectivity index (χ3v) is 3.70. The highest BCUT2D eigenvalue weighted by molar-refractivity contribution is 7.11. The van der Waals surface area contributed by atoms with Crippen molar-refractivity contribution in [1.29, 1.82) is 0 Å². The molecule has 0 aliphatic rings. The van der Waals surface area contributed by atoms with Crippen molar-refractivity contribution in [2.24, 2.45) is 0 Å². The van der Waals surface area contributed by atoms with Gasteiger partial charge in [0, 0.05) is 18.1 Å². The van der Waals surface area contributed by atoms with Crippen LogP contribution in [0.15, 0.2) is 12.4 Å². The summed E-state index contributed by atoms with van der Waals surface area (Å²) in [4.78, 5) is 13.8. The van der Waals surface area contributed by atoms with Crippen LogP contribution < -0.4 is 10.6 Å². The molecule has 1 atom stereocenters. The smallest absolute Gasteiger partial charge is 0.224 e. The summed E-state index contributed by atoms with van der Waals surface area (Å²) < 4.78 is 0. The van der Waals surface area contributed by atoms with Crippen LogP contribution in [0, 0.1) is 6.92 Å². The molecule has 0 saturated carbocycles. The van der Waals surface area contributed by atoms with Crippen LogP contribution in [-0.2, 0) is 0 Å². The van der Waals surface area contributed by atoms with E-state index in [2.05, 4.69) is 25.6 Å². The SMILES string of the molecule is CNc1ncc(Cl)c(NC(C)c2ncc(C)s2)n1. The standard InChI is InChI=1S/C11H14ClN5S/c1-6-4-14-10(18-6)7(2)16-9-8(12)5-15-11(13-3)17-9/h4-5,7H,1-3H3,(H2,13,15,16,17). The molecule has 0 aliphatic heterocycles. The van der Waals surface area contributed by atoms with Crippen molar-refractivity contribution >= 4 is 34.7 Å². The van der Waals surface area contributed by atoms with Crippen LogP contribution in [0.5, 0.6) is 0 Å². The van der Waals surface area contributed by atoms with Crippen molar-refractivity contribution in [2.75, 3.05) is 17.7 Å². The fourth-order valence-electron chi connectivity index (χ4n) is 1.43. The highest BCUT2D eigenvalue weighted by Gasteiger charge is 2.12. The van der Waals surface area contributed by atoms with Crippen molar-refractivity contribution in [3.05, 3.63) is 27.3 Å². The molecule has 7 heteroatoms. The molecule has 2 aromatic rings. The van der Waals surface area contributed by atoms with Crippen LogP contribution in [0.1, 0.15) is 22.9 Å². The number of anilines is 2. The average molecular weight is 284 g/mol. The first-order valence-electron chi connectivity index (χ1n) is 5.49. The lowest BCUT2D eigenvalue weighted by molar-refractivity contribution is 0.859. The van der Waals surface area contributed by atoms with Gasteiger partial charge in [0.05, 0.1) is 12.2 Å². The Kier molecular flexibility index (Phi) is 3.98. The van der Waals surface area contributed by atoms with E-state index in [1.54, 1.807) is 24.6 Å². The molecule has 0 radical (unpaired) electrons. The fraction of sp³-hybridized carbons (Fsp3) is 0.364. The summed E-state index contributed by atoms with van der Waals surface area (Å²) in [7, 11) is 1.76. The second kappa shape index (κ2) is 5.49. The van der Waals surface area contributed by atoms with Gasteiger partial charge in [0.1, 0.15) is 10.0 Å². The third kappa shape index (κ3) is 2.88. The molecule has 0 spiro atoms. The number of aromatic nitrogens is 3. The Balaban J connectivity index is 2.18. The van der Waals surface area contributed by atoms with Crippen LogP contribution in [0.25, 0.3) is 0 Å². The van der Waals surface area contributed by atoms with Gasteiger partial charge >= 0.3 is 0 Å². The first kappa shape index (κ1) is 13.0. The number of nitrogens with one attached hydrogen (secondary N) is 2. The quantitative estimate of drug-likeness (QED) is 0.903. The van der Waals surface area contributed by atoms with Crippen LogP contribution in [-0.4, -0.2) is 22.0 Å². The van der Waals surface area contributed by atoms with E-state index in [4.69, 9.17) is 11.6 Å². The summed E-state index contributed by atoms with van der Waals surface area (Å²) in [5.41, 5.74) is 0. The number of thiazole rings is 1. The fourth-order valence-corrected chi connectivity index (χ4v) is 2.35. The minimum Gasteiger partial charge on any atom is -0.360 e. The molecule has 2 rings (SSSR count). The van der Waals surface area contributed by atoms with Crippen molar-refractivity contribution in [2.45, 2.75) is 19.9 Å². The van der Waals surface area contributed by atoms with E-state index in [1.807, 2.05) is 20.0 Å². The van der Waals surface area contributed by atoms with Gasteiger partial charge in [-0.3, -0.25) is 0 Å². The molecule has 0 amide bonds. The third-order valence-electron chi connectivity index (χ3n) is 2.33. The maximum Gasteiger partial charge on any atom is 0.224 e. The van der Waals surface area contributed by atoms with Gasteiger partial charge in [0.15, 0.2) is 5.82 Å². The van der Waals surface area contributed by atoms with Crippen molar-refractivity contribution < 1.29 is 0 Å². The Bertz CT molecular complexity index is 542. The number of nitrogens with zero attached hydrogens (tertiary/aromatic N) is 3. The summed E-state index contributed by atoms with van der Waals surface area (Å²) >= 11 is 7.71. The first-order chi connectivity index (χ1) is 8.60.